The van der Waals surface area contributed by atoms with E-state index in [9.17, 15) is 0 Å². The Bertz CT molecular complexity index is 248. The van der Waals surface area contributed by atoms with E-state index in [2.05, 4.69) is 0 Å². The molecule has 0 spiro atoms. The van der Waals surface area contributed by atoms with Crippen LogP contribution >= 0.6 is 18.7 Å². The fraction of sp³-hybridized carbons (Fsp3) is 0.333. The first-order valence-corrected chi connectivity index (χ1v) is 6.62. The van der Waals surface area contributed by atoms with Crippen LogP contribution in [0.2, 0.25) is 0 Å². The van der Waals surface area contributed by atoms with Crippen LogP contribution in [-0.4, -0.2) is 19.5 Å². The van der Waals surface area contributed by atoms with E-state index in [-0.39, 0.29) is 0 Å². The van der Waals surface area contributed by atoms with Crippen molar-refractivity contribution in [2.75, 3.05) is 19.5 Å². The van der Waals surface area contributed by atoms with Crippen molar-refractivity contribution in [1.29, 1.82) is 0 Å². The molecule has 0 amide bonds. The third-order valence-corrected chi connectivity index (χ3v) is 2.70. The Morgan fingerprint density at radius 3 is 2.64 bits per heavy atom. The highest BCUT2D eigenvalue weighted by Crippen LogP contribution is 2.42. The van der Waals surface area contributed by atoms with Gasteiger partial charge in [0.15, 0.2) is 0 Å². The van der Waals surface area contributed by atoms with Crippen molar-refractivity contribution in [3.63, 3.8) is 0 Å². The molecule has 1 aromatic rings. The molecular weight excluding hydrogens is 221 g/mol. The highest BCUT2D eigenvalue weighted by atomic mass is 35.7. The Morgan fingerprint density at radius 2 is 2.00 bits per heavy atom. The molecule has 78 valence electrons. The van der Waals surface area contributed by atoms with Crippen LogP contribution in [0.4, 0.5) is 0 Å². The standard InChI is InChI=1S/C9H13ClNO2P/c10-14(8-12-7-6-11)13-9-4-2-1-3-5-9/h1-5H,6-8,11H2. The van der Waals surface area contributed by atoms with E-state index in [4.69, 9.17) is 26.2 Å². The molecule has 0 saturated carbocycles. The largest absolute Gasteiger partial charge is 0.455 e. The van der Waals surface area contributed by atoms with Gasteiger partial charge >= 0.3 is 0 Å². The maximum atomic E-state index is 5.93. The zero-order valence-electron chi connectivity index (χ0n) is 7.73. The predicted octanol–water partition coefficient (Wildman–Crippen LogP) is 2.55. The average Bonchev–Trinajstić information content (AvgIpc) is 2.20. The van der Waals surface area contributed by atoms with Crippen LogP contribution in [0.15, 0.2) is 30.3 Å². The van der Waals surface area contributed by atoms with E-state index in [1.807, 2.05) is 30.3 Å². The number of rotatable bonds is 6. The second-order valence-electron chi connectivity index (χ2n) is 2.55. The van der Waals surface area contributed by atoms with Crippen LogP contribution in [-0.2, 0) is 4.74 Å². The molecule has 0 heterocycles. The predicted molar refractivity (Wildman–Crippen MR) is 59.7 cm³/mol. The summed E-state index contributed by atoms with van der Waals surface area (Å²) in [6, 6.07) is 9.45. The van der Waals surface area contributed by atoms with E-state index in [1.54, 1.807) is 0 Å². The summed E-state index contributed by atoms with van der Waals surface area (Å²) in [5, 5.41) is 0. The summed E-state index contributed by atoms with van der Waals surface area (Å²) in [6.07, 6.45) is 0.406. The molecule has 0 aliphatic heterocycles. The second-order valence-corrected chi connectivity index (χ2v) is 4.76. The zero-order valence-corrected chi connectivity index (χ0v) is 9.38. The molecule has 1 rings (SSSR count). The van der Waals surface area contributed by atoms with Gasteiger partial charge in [0.05, 0.1) is 6.61 Å². The molecule has 1 atom stereocenters. The van der Waals surface area contributed by atoms with Gasteiger partial charge in [-0.25, -0.2) is 0 Å². The Labute approximate surface area is 89.8 Å². The second kappa shape index (κ2) is 7.02. The third kappa shape index (κ3) is 4.77. The van der Waals surface area contributed by atoms with Crippen LogP contribution < -0.4 is 10.3 Å². The van der Waals surface area contributed by atoms with Crippen molar-refractivity contribution in [3.05, 3.63) is 30.3 Å². The van der Waals surface area contributed by atoms with Gasteiger partial charge in [-0.2, -0.15) is 0 Å². The smallest absolute Gasteiger partial charge is 0.209 e. The van der Waals surface area contributed by atoms with Gasteiger partial charge in [0.2, 0.25) is 7.50 Å². The van der Waals surface area contributed by atoms with Gasteiger partial charge in [0.1, 0.15) is 12.1 Å². The number of para-hydroxylation sites is 1. The number of hydrogen-bond acceptors (Lipinski definition) is 3. The Hall–Kier alpha value is -0.340. The zero-order chi connectivity index (χ0) is 10.2. The van der Waals surface area contributed by atoms with Gasteiger partial charge in [0.25, 0.3) is 0 Å². The minimum Gasteiger partial charge on any atom is -0.455 e. The number of benzene rings is 1. The molecule has 0 fully saturated rings. The van der Waals surface area contributed by atoms with Crippen molar-refractivity contribution in [2.24, 2.45) is 5.73 Å². The molecule has 1 unspecified atom stereocenters. The molecule has 14 heavy (non-hydrogen) atoms. The molecule has 0 saturated heterocycles. The normalized spacial score (nSPS) is 12.4. The minimum absolute atomic E-state index is 0.406. The molecule has 0 bridgehead atoms. The van der Waals surface area contributed by atoms with Crippen molar-refractivity contribution in [2.45, 2.75) is 0 Å². The number of halogens is 1. The molecule has 3 nitrogen and oxygen atoms in total. The summed E-state index contributed by atoms with van der Waals surface area (Å²) < 4.78 is 10.6. The maximum Gasteiger partial charge on any atom is 0.209 e. The van der Waals surface area contributed by atoms with E-state index in [0.29, 0.717) is 19.5 Å². The molecule has 0 aliphatic carbocycles. The Kier molecular flexibility index (Phi) is 5.88. The first-order chi connectivity index (χ1) is 6.83. The number of hydrogen-bond donors (Lipinski definition) is 1. The van der Waals surface area contributed by atoms with Crippen LogP contribution in [0.5, 0.6) is 5.75 Å². The molecule has 0 aromatic heterocycles. The van der Waals surface area contributed by atoms with E-state index in [1.165, 1.54) is 0 Å². The Morgan fingerprint density at radius 1 is 1.29 bits per heavy atom. The van der Waals surface area contributed by atoms with Gasteiger partial charge in [0, 0.05) is 6.54 Å². The van der Waals surface area contributed by atoms with Crippen molar-refractivity contribution in [1.82, 2.24) is 0 Å². The third-order valence-electron chi connectivity index (χ3n) is 1.40. The summed E-state index contributed by atoms with van der Waals surface area (Å²) in [5.41, 5.74) is 5.27. The quantitative estimate of drug-likeness (QED) is 0.607. The van der Waals surface area contributed by atoms with Crippen molar-refractivity contribution in [3.8, 4) is 5.75 Å². The molecule has 0 aliphatic rings. The van der Waals surface area contributed by atoms with Gasteiger partial charge in [-0.1, -0.05) is 18.2 Å². The lowest BCUT2D eigenvalue weighted by atomic mass is 10.3. The number of ether oxygens (including phenoxy) is 1. The minimum atomic E-state index is -1.07. The van der Waals surface area contributed by atoms with Crippen molar-refractivity contribution >= 4 is 18.7 Å². The van der Waals surface area contributed by atoms with Gasteiger partial charge in [-0.3, -0.25) is 0 Å². The highest BCUT2D eigenvalue weighted by Gasteiger charge is 2.06. The summed E-state index contributed by atoms with van der Waals surface area (Å²) in [4.78, 5) is 0. The fourth-order valence-corrected chi connectivity index (χ4v) is 1.96. The summed E-state index contributed by atoms with van der Waals surface area (Å²) in [6.45, 7) is 1.02. The van der Waals surface area contributed by atoms with E-state index in [0.717, 1.165) is 5.75 Å². The molecule has 0 radical (unpaired) electrons. The van der Waals surface area contributed by atoms with Gasteiger partial charge < -0.3 is 15.0 Å². The summed E-state index contributed by atoms with van der Waals surface area (Å²) in [5.74, 6) is 0.768. The Balaban J connectivity index is 2.23. The van der Waals surface area contributed by atoms with E-state index >= 15 is 0 Å². The summed E-state index contributed by atoms with van der Waals surface area (Å²) in [7, 11) is -1.07. The SMILES string of the molecule is NCCOCP(Cl)Oc1ccccc1. The number of nitrogens with two attached hydrogens (primary N) is 1. The maximum absolute atomic E-state index is 5.93. The first kappa shape index (κ1) is 11.7. The molecular formula is C9H13ClNO2P. The van der Waals surface area contributed by atoms with Crippen LogP contribution in [0.25, 0.3) is 0 Å². The first-order valence-electron chi connectivity index (χ1n) is 4.27. The van der Waals surface area contributed by atoms with Gasteiger partial charge in [-0.05, 0) is 23.4 Å². The van der Waals surface area contributed by atoms with Crippen molar-refractivity contribution < 1.29 is 9.26 Å². The molecule has 5 heteroatoms. The fourth-order valence-electron chi connectivity index (χ4n) is 0.842. The van der Waals surface area contributed by atoms with Crippen LogP contribution in [0.1, 0.15) is 0 Å². The monoisotopic (exact) mass is 233 g/mol. The lowest BCUT2D eigenvalue weighted by molar-refractivity contribution is 0.185. The van der Waals surface area contributed by atoms with Gasteiger partial charge in [-0.15, -0.1) is 0 Å². The topological polar surface area (TPSA) is 44.5 Å². The lowest BCUT2D eigenvalue weighted by Gasteiger charge is -2.11. The lowest BCUT2D eigenvalue weighted by Crippen LogP contribution is -2.08. The van der Waals surface area contributed by atoms with Crippen LogP contribution in [0, 0.1) is 0 Å². The molecule has 2 N–H and O–H groups in total. The van der Waals surface area contributed by atoms with E-state index < -0.39 is 7.50 Å². The summed E-state index contributed by atoms with van der Waals surface area (Å²) >= 11 is 5.93. The highest BCUT2D eigenvalue weighted by molar-refractivity contribution is 7.80. The van der Waals surface area contributed by atoms with Crippen LogP contribution in [0.3, 0.4) is 0 Å². The average molecular weight is 234 g/mol. The molecule has 1 aromatic carbocycles.